The normalized spacial score (nSPS) is 16.7. The topological polar surface area (TPSA) is 95.1 Å². The van der Waals surface area contributed by atoms with Gasteiger partial charge in [-0.25, -0.2) is 0 Å². The standard InChI is InChI=1S/C33H36ClN5O5/c34-27-7-3-25(4-8-27)2-1-21-42-29-11-5-26(6-12-29)22-36-17-19-37(20-18-36)28-9-13-30(14-10-28)43-24-31-15-16-38-23-32(39(40)41)35-33(38)44-31/h3-14,23,31H,1-2,15-22,24H2/t31-/m0/s1. The Hall–Kier alpha value is -4.28. The maximum Gasteiger partial charge on any atom is 0.414 e. The first-order valence-electron chi connectivity index (χ1n) is 15.0. The molecule has 230 valence electrons. The monoisotopic (exact) mass is 617 g/mol. The number of fused-ring (bicyclic) bond motifs is 1. The van der Waals surface area contributed by atoms with E-state index in [0.717, 1.165) is 62.1 Å². The summed E-state index contributed by atoms with van der Waals surface area (Å²) in [6, 6.07) is 24.9. The van der Waals surface area contributed by atoms with Gasteiger partial charge in [0.2, 0.25) is 0 Å². The van der Waals surface area contributed by atoms with E-state index >= 15 is 0 Å². The van der Waals surface area contributed by atoms with Crippen LogP contribution in [-0.4, -0.2) is 64.9 Å². The summed E-state index contributed by atoms with van der Waals surface area (Å²) in [6.45, 7) is 6.49. The number of hydrogen-bond acceptors (Lipinski definition) is 8. The Kier molecular flexibility index (Phi) is 9.48. The molecule has 0 saturated carbocycles. The fourth-order valence-electron chi connectivity index (χ4n) is 5.51. The Bertz CT molecular complexity index is 1520. The third-order valence-electron chi connectivity index (χ3n) is 8.01. The Morgan fingerprint density at radius 2 is 1.57 bits per heavy atom. The van der Waals surface area contributed by atoms with Gasteiger partial charge in [0.1, 0.15) is 30.4 Å². The SMILES string of the molecule is O=[N+]([O-])c1cn2c(n1)O[C@H](COc1ccc(N3CCN(Cc4ccc(OCCCc5ccc(Cl)cc5)cc4)CC3)cc1)CC2. The van der Waals surface area contributed by atoms with Gasteiger partial charge in [-0.2, -0.15) is 0 Å². The van der Waals surface area contributed by atoms with Gasteiger partial charge in [-0.1, -0.05) is 35.9 Å². The number of ether oxygens (including phenoxy) is 3. The second-order valence-electron chi connectivity index (χ2n) is 11.2. The van der Waals surface area contributed by atoms with Gasteiger partial charge in [0.05, 0.1) is 6.61 Å². The smallest absolute Gasteiger partial charge is 0.414 e. The van der Waals surface area contributed by atoms with Gasteiger partial charge >= 0.3 is 11.8 Å². The number of nitro groups is 1. The predicted octanol–water partition coefficient (Wildman–Crippen LogP) is 6.01. The molecule has 0 aliphatic carbocycles. The van der Waals surface area contributed by atoms with E-state index < -0.39 is 4.92 Å². The molecular weight excluding hydrogens is 582 g/mol. The lowest BCUT2D eigenvalue weighted by molar-refractivity contribution is -0.389. The molecule has 1 saturated heterocycles. The van der Waals surface area contributed by atoms with Crippen molar-refractivity contribution in [2.24, 2.45) is 0 Å². The molecule has 0 radical (unpaired) electrons. The molecule has 0 amide bonds. The highest BCUT2D eigenvalue weighted by Crippen LogP contribution is 2.26. The van der Waals surface area contributed by atoms with Gasteiger partial charge in [-0.3, -0.25) is 9.47 Å². The Labute approximate surface area is 261 Å². The molecule has 44 heavy (non-hydrogen) atoms. The van der Waals surface area contributed by atoms with E-state index in [4.69, 9.17) is 25.8 Å². The van der Waals surface area contributed by atoms with Crippen LogP contribution < -0.4 is 19.1 Å². The first-order chi connectivity index (χ1) is 21.5. The highest BCUT2D eigenvalue weighted by Gasteiger charge is 2.28. The summed E-state index contributed by atoms with van der Waals surface area (Å²) in [5.41, 5.74) is 3.74. The molecule has 3 heterocycles. The first kappa shape index (κ1) is 29.8. The molecule has 2 aliphatic rings. The molecule has 0 spiro atoms. The number of nitrogens with zero attached hydrogens (tertiary/aromatic N) is 5. The lowest BCUT2D eigenvalue weighted by Gasteiger charge is -2.36. The van der Waals surface area contributed by atoms with Crippen LogP contribution in [0.1, 0.15) is 24.0 Å². The Morgan fingerprint density at radius 1 is 0.886 bits per heavy atom. The molecule has 10 nitrogen and oxygen atoms in total. The van der Waals surface area contributed by atoms with Gasteiger partial charge in [0.25, 0.3) is 0 Å². The fourth-order valence-corrected chi connectivity index (χ4v) is 5.64. The van der Waals surface area contributed by atoms with E-state index in [1.54, 1.807) is 4.57 Å². The highest BCUT2D eigenvalue weighted by molar-refractivity contribution is 6.30. The van der Waals surface area contributed by atoms with Crippen LogP contribution in [-0.2, 0) is 19.5 Å². The van der Waals surface area contributed by atoms with Crippen molar-refractivity contribution in [3.8, 4) is 17.5 Å². The number of aryl methyl sites for hydroxylation is 2. The highest BCUT2D eigenvalue weighted by atomic mass is 35.5. The summed E-state index contributed by atoms with van der Waals surface area (Å²) in [7, 11) is 0. The maximum absolute atomic E-state index is 11.0. The third kappa shape index (κ3) is 7.81. The number of imidazole rings is 1. The molecule has 1 fully saturated rings. The number of anilines is 1. The van der Waals surface area contributed by atoms with Crippen molar-refractivity contribution >= 4 is 23.1 Å². The van der Waals surface area contributed by atoms with Crippen LogP contribution in [0.4, 0.5) is 11.5 Å². The molecule has 1 atom stereocenters. The third-order valence-corrected chi connectivity index (χ3v) is 8.26. The molecule has 0 unspecified atom stereocenters. The van der Waals surface area contributed by atoms with Crippen molar-refractivity contribution in [3.05, 3.63) is 105 Å². The minimum Gasteiger partial charge on any atom is -0.494 e. The zero-order valence-corrected chi connectivity index (χ0v) is 25.3. The minimum atomic E-state index is -0.510. The van der Waals surface area contributed by atoms with E-state index in [-0.39, 0.29) is 17.9 Å². The largest absolute Gasteiger partial charge is 0.494 e. The summed E-state index contributed by atoms with van der Waals surface area (Å²) in [5.74, 6) is 1.48. The van der Waals surface area contributed by atoms with Crippen LogP contribution >= 0.6 is 11.6 Å². The molecule has 11 heteroatoms. The minimum absolute atomic E-state index is 0.199. The molecule has 0 bridgehead atoms. The Balaban J connectivity index is 0.891. The van der Waals surface area contributed by atoms with E-state index in [2.05, 4.69) is 63.3 Å². The molecule has 4 aromatic rings. The number of halogens is 1. The Morgan fingerprint density at radius 3 is 2.30 bits per heavy atom. The average Bonchev–Trinajstić information content (AvgIpc) is 3.49. The number of hydrogen-bond donors (Lipinski definition) is 0. The van der Waals surface area contributed by atoms with Gasteiger partial charge in [-0.05, 0) is 77.4 Å². The van der Waals surface area contributed by atoms with Gasteiger partial charge in [0, 0.05) is 61.4 Å². The van der Waals surface area contributed by atoms with Gasteiger partial charge in [0.15, 0.2) is 0 Å². The first-order valence-corrected chi connectivity index (χ1v) is 15.4. The van der Waals surface area contributed by atoms with Gasteiger partial charge < -0.3 is 29.2 Å². The van der Waals surface area contributed by atoms with Crippen LogP contribution in [0.25, 0.3) is 0 Å². The fraction of sp³-hybridized carbons (Fsp3) is 0.364. The van der Waals surface area contributed by atoms with E-state index in [9.17, 15) is 10.1 Å². The van der Waals surface area contributed by atoms with E-state index in [0.29, 0.717) is 26.2 Å². The van der Waals surface area contributed by atoms with Crippen molar-refractivity contribution in [2.45, 2.75) is 38.5 Å². The molecule has 1 aromatic heterocycles. The van der Waals surface area contributed by atoms with Crippen LogP contribution in [0.15, 0.2) is 79.0 Å². The quantitative estimate of drug-likeness (QED) is 0.108. The van der Waals surface area contributed by atoms with Crippen molar-refractivity contribution in [1.29, 1.82) is 0 Å². The number of aromatic nitrogens is 2. The zero-order valence-electron chi connectivity index (χ0n) is 24.5. The summed E-state index contributed by atoms with van der Waals surface area (Å²) in [6.07, 6.45) is 3.84. The van der Waals surface area contributed by atoms with Crippen LogP contribution in [0, 0.1) is 10.1 Å². The number of rotatable bonds is 12. The van der Waals surface area contributed by atoms with Crippen LogP contribution in [0.2, 0.25) is 5.02 Å². The zero-order chi connectivity index (χ0) is 30.3. The number of benzene rings is 3. The second-order valence-corrected chi connectivity index (χ2v) is 11.6. The predicted molar refractivity (Wildman–Crippen MR) is 169 cm³/mol. The van der Waals surface area contributed by atoms with Crippen molar-refractivity contribution in [2.75, 3.05) is 44.3 Å². The van der Waals surface area contributed by atoms with Crippen molar-refractivity contribution in [3.63, 3.8) is 0 Å². The summed E-state index contributed by atoms with van der Waals surface area (Å²) >= 11 is 5.96. The lowest BCUT2D eigenvalue weighted by Crippen LogP contribution is -2.45. The summed E-state index contributed by atoms with van der Waals surface area (Å²) in [5, 5.41) is 11.7. The van der Waals surface area contributed by atoms with Crippen LogP contribution in [0.3, 0.4) is 0 Å². The second kappa shape index (κ2) is 14.0. The molecular formula is C33H36ClN5O5. The average molecular weight is 618 g/mol. The van der Waals surface area contributed by atoms with Crippen LogP contribution in [0.5, 0.6) is 17.5 Å². The molecule has 3 aromatic carbocycles. The molecule has 0 N–H and O–H groups in total. The maximum atomic E-state index is 11.0. The summed E-state index contributed by atoms with van der Waals surface area (Å²) in [4.78, 5) is 19.3. The van der Waals surface area contributed by atoms with E-state index in [1.807, 2.05) is 24.3 Å². The van der Waals surface area contributed by atoms with Crippen molar-refractivity contribution in [1.82, 2.24) is 14.5 Å². The van der Waals surface area contributed by atoms with E-state index in [1.165, 1.54) is 23.0 Å². The molecule has 2 aliphatic heterocycles. The van der Waals surface area contributed by atoms with Crippen molar-refractivity contribution < 1.29 is 19.1 Å². The number of piperazine rings is 1. The molecule has 6 rings (SSSR count). The lowest BCUT2D eigenvalue weighted by atomic mass is 10.1. The van der Waals surface area contributed by atoms with Gasteiger partial charge in [-0.15, -0.1) is 0 Å². The summed E-state index contributed by atoms with van der Waals surface area (Å²) < 4.78 is 19.4.